The summed E-state index contributed by atoms with van der Waals surface area (Å²) in [5.41, 5.74) is 1.72. The lowest BCUT2D eigenvalue weighted by Crippen LogP contribution is -2.06. The van der Waals surface area contributed by atoms with Crippen LogP contribution in [0.4, 0.5) is 0 Å². The minimum atomic E-state index is 0.0954. The molecule has 2 rings (SSSR count). The molecule has 0 amide bonds. The first-order valence-electron chi connectivity index (χ1n) is 7.93. The van der Waals surface area contributed by atoms with Crippen molar-refractivity contribution < 1.29 is 9.53 Å². The third kappa shape index (κ3) is 3.87. The Hall–Kier alpha value is -1.77. The summed E-state index contributed by atoms with van der Waals surface area (Å²) in [6.07, 6.45) is 7.00. The zero-order chi connectivity index (χ0) is 15.2. The number of hydrogen-bond acceptors (Lipinski definition) is 2. The van der Waals surface area contributed by atoms with E-state index >= 15 is 0 Å². The molecule has 0 fully saturated rings. The van der Waals surface area contributed by atoms with Crippen molar-refractivity contribution in [2.45, 2.75) is 59.0 Å². The highest BCUT2D eigenvalue weighted by molar-refractivity contribution is 6.09. The lowest BCUT2D eigenvalue weighted by Gasteiger charge is -2.11. The van der Waals surface area contributed by atoms with Gasteiger partial charge in [-0.2, -0.15) is 0 Å². The van der Waals surface area contributed by atoms with Crippen LogP contribution in [0.2, 0.25) is 0 Å². The number of benzene rings is 1. The normalized spacial score (nSPS) is 11.2. The molecule has 1 N–H and O–H groups in total. The van der Waals surface area contributed by atoms with E-state index in [0.29, 0.717) is 6.42 Å². The first-order chi connectivity index (χ1) is 10.1. The van der Waals surface area contributed by atoms with E-state index in [9.17, 15) is 4.79 Å². The van der Waals surface area contributed by atoms with Crippen LogP contribution in [0.5, 0.6) is 5.75 Å². The Kier molecular flexibility index (Phi) is 5.43. The highest BCUT2D eigenvalue weighted by Crippen LogP contribution is 2.30. The van der Waals surface area contributed by atoms with Crippen molar-refractivity contribution >= 4 is 16.7 Å². The average molecular weight is 287 g/mol. The van der Waals surface area contributed by atoms with Gasteiger partial charge in [0.05, 0.1) is 11.5 Å². The molecule has 0 atom stereocenters. The highest BCUT2D eigenvalue weighted by Gasteiger charge is 2.16. The zero-order valence-corrected chi connectivity index (χ0v) is 13.2. The van der Waals surface area contributed by atoms with Crippen LogP contribution in [-0.2, 0) is 0 Å². The number of carbonyl (C=O) groups is 1. The predicted octanol–water partition coefficient (Wildman–Crippen LogP) is 5.11. The number of Topliss-reactive ketones (excluding diaryl/α,β-unsaturated/α-hetero) is 1. The summed E-state index contributed by atoms with van der Waals surface area (Å²) in [4.78, 5) is 15.6. The first kappa shape index (κ1) is 15.6. The third-order valence-electron chi connectivity index (χ3n) is 3.59. The van der Waals surface area contributed by atoms with Crippen molar-refractivity contribution in [3.63, 3.8) is 0 Å². The Morgan fingerprint density at radius 2 is 2.05 bits per heavy atom. The molecule has 0 saturated carbocycles. The Labute approximate surface area is 126 Å². The van der Waals surface area contributed by atoms with Crippen molar-refractivity contribution in [1.82, 2.24) is 4.98 Å². The molecule has 2 aromatic rings. The van der Waals surface area contributed by atoms with Gasteiger partial charge in [0, 0.05) is 23.7 Å². The van der Waals surface area contributed by atoms with E-state index in [1.165, 1.54) is 12.8 Å². The van der Waals surface area contributed by atoms with E-state index in [1.54, 1.807) is 0 Å². The fourth-order valence-electron chi connectivity index (χ4n) is 2.57. The molecule has 21 heavy (non-hydrogen) atoms. The molecule has 0 aliphatic carbocycles. The zero-order valence-electron chi connectivity index (χ0n) is 13.2. The molecular weight excluding hydrogens is 262 g/mol. The second kappa shape index (κ2) is 7.30. The Balaban J connectivity index is 2.21. The lowest BCUT2D eigenvalue weighted by atomic mass is 10.0. The largest absolute Gasteiger partial charge is 0.490 e. The van der Waals surface area contributed by atoms with E-state index in [0.717, 1.165) is 35.1 Å². The molecule has 1 heterocycles. The van der Waals surface area contributed by atoms with Gasteiger partial charge in [0.25, 0.3) is 0 Å². The van der Waals surface area contributed by atoms with Crippen molar-refractivity contribution in [2.24, 2.45) is 0 Å². The highest BCUT2D eigenvalue weighted by atomic mass is 16.5. The number of carbonyl (C=O) groups excluding carboxylic acids is 1. The van der Waals surface area contributed by atoms with Crippen LogP contribution in [0.25, 0.3) is 10.9 Å². The maximum Gasteiger partial charge on any atom is 0.165 e. The van der Waals surface area contributed by atoms with Crippen molar-refractivity contribution in [3.8, 4) is 5.75 Å². The molecule has 0 unspecified atom stereocenters. The number of hydrogen-bond donors (Lipinski definition) is 1. The Morgan fingerprint density at radius 3 is 2.76 bits per heavy atom. The van der Waals surface area contributed by atoms with Gasteiger partial charge in [-0.05, 0) is 32.4 Å². The summed E-state index contributed by atoms with van der Waals surface area (Å²) in [6.45, 7) is 6.17. The maximum absolute atomic E-state index is 12.4. The number of ether oxygens (including phenoxy) is 1. The fourth-order valence-corrected chi connectivity index (χ4v) is 2.57. The van der Waals surface area contributed by atoms with Gasteiger partial charge in [-0.1, -0.05) is 32.3 Å². The summed E-state index contributed by atoms with van der Waals surface area (Å²) < 4.78 is 5.85. The van der Waals surface area contributed by atoms with E-state index in [-0.39, 0.29) is 11.9 Å². The van der Waals surface area contributed by atoms with Gasteiger partial charge in [0.15, 0.2) is 5.78 Å². The Morgan fingerprint density at radius 1 is 1.24 bits per heavy atom. The van der Waals surface area contributed by atoms with Gasteiger partial charge in [-0.25, -0.2) is 0 Å². The minimum Gasteiger partial charge on any atom is -0.490 e. The molecule has 0 aliphatic rings. The van der Waals surface area contributed by atoms with Crippen LogP contribution in [-0.4, -0.2) is 16.9 Å². The maximum atomic E-state index is 12.4. The van der Waals surface area contributed by atoms with Crippen LogP contribution in [0.1, 0.15) is 63.2 Å². The van der Waals surface area contributed by atoms with Gasteiger partial charge in [-0.3, -0.25) is 4.79 Å². The fraction of sp³-hybridized carbons (Fsp3) is 0.500. The van der Waals surface area contributed by atoms with Crippen molar-refractivity contribution in [3.05, 3.63) is 30.0 Å². The van der Waals surface area contributed by atoms with Crippen LogP contribution in [0.15, 0.2) is 24.4 Å². The quantitative estimate of drug-likeness (QED) is 0.541. The number of aromatic amines is 1. The monoisotopic (exact) mass is 287 g/mol. The second-order valence-corrected chi connectivity index (χ2v) is 5.78. The van der Waals surface area contributed by atoms with E-state index in [2.05, 4.69) is 11.9 Å². The van der Waals surface area contributed by atoms with Crippen molar-refractivity contribution in [1.29, 1.82) is 0 Å². The number of rotatable bonds is 8. The van der Waals surface area contributed by atoms with Gasteiger partial charge < -0.3 is 9.72 Å². The van der Waals surface area contributed by atoms with E-state index < -0.39 is 0 Å². The molecule has 114 valence electrons. The van der Waals surface area contributed by atoms with Crippen LogP contribution in [0, 0.1) is 0 Å². The number of fused-ring (bicyclic) bond motifs is 1. The number of unbranched alkanes of at least 4 members (excludes halogenated alkanes) is 3. The average Bonchev–Trinajstić information content (AvgIpc) is 2.88. The predicted molar refractivity (Wildman–Crippen MR) is 87.2 cm³/mol. The molecule has 3 nitrogen and oxygen atoms in total. The number of ketones is 1. The topological polar surface area (TPSA) is 42.1 Å². The number of nitrogens with one attached hydrogen (secondary N) is 1. The molecular formula is C18H25NO2. The first-order valence-corrected chi connectivity index (χ1v) is 7.93. The van der Waals surface area contributed by atoms with E-state index in [4.69, 9.17) is 4.74 Å². The molecule has 0 saturated heterocycles. The van der Waals surface area contributed by atoms with Crippen molar-refractivity contribution in [2.75, 3.05) is 0 Å². The molecule has 1 aromatic heterocycles. The summed E-state index contributed by atoms with van der Waals surface area (Å²) in [5, 5.41) is 0.923. The standard InChI is InChI=1S/C18H25NO2/c1-4-5-6-7-10-16(20)14-12-19-15-9-8-11-17(18(14)15)21-13(2)3/h8-9,11-13,19H,4-7,10H2,1-3H3. The molecule has 3 heteroatoms. The van der Waals surface area contributed by atoms with Gasteiger partial charge in [0.2, 0.25) is 0 Å². The third-order valence-corrected chi connectivity index (χ3v) is 3.59. The van der Waals surface area contributed by atoms with Crippen LogP contribution in [0.3, 0.4) is 0 Å². The van der Waals surface area contributed by atoms with E-state index in [1.807, 2.05) is 38.2 Å². The van der Waals surface area contributed by atoms with Crippen LogP contribution < -0.4 is 4.74 Å². The second-order valence-electron chi connectivity index (χ2n) is 5.78. The summed E-state index contributed by atoms with van der Waals surface area (Å²) in [6, 6.07) is 5.87. The number of H-pyrrole nitrogens is 1. The van der Waals surface area contributed by atoms with Gasteiger partial charge in [0.1, 0.15) is 5.75 Å². The SMILES string of the molecule is CCCCCCC(=O)c1c[nH]c2cccc(OC(C)C)c12. The smallest absolute Gasteiger partial charge is 0.165 e. The minimum absolute atomic E-state index is 0.0954. The summed E-state index contributed by atoms with van der Waals surface area (Å²) in [7, 11) is 0. The summed E-state index contributed by atoms with van der Waals surface area (Å²) >= 11 is 0. The molecule has 1 aromatic carbocycles. The van der Waals surface area contributed by atoms with Gasteiger partial charge in [-0.15, -0.1) is 0 Å². The summed E-state index contributed by atoms with van der Waals surface area (Å²) in [5.74, 6) is 0.998. The Bertz CT molecular complexity index is 598. The molecule has 0 bridgehead atoms. The molecule has 0 radical (unpaired) electrons. The molecule has 0 aliphatic heterocycles. The molecule has 0 spiro atoms. The number of aromatic nitrogens is 1. The lowest BCUT2D eigenvalue weighted by molar-refractivity contribution is 0.0980. The van der Waals surface area contributed by atoms with Crippen LogP contribution >= 0.6 is 0 Å². The van der Waals surface area contributed by atoms with Gasteiger partial charge >= 0.3 is 0 Å².